The van der Waals surface area contributed by atoms with Crippen LogP contribution < -0.4 is 10.6 Å². The fraction of sp³-hybridized carbons (Fsp3) is 0.778. The average Bonchev–Trinajstić information content (AvgIpc) is 2.16. The van der Waals surface area contributed by atoms with Gasteiger partial charge in [0.25, 0.3) is 0 Å². The van der Waals surface area contributed by atoms with Crippen molar-refractivity contribution in [3.05, 3.63) is 0 Å². The molecule has 0 saturated heterocycles. The first-order chi connectivity index (χ1) is 6.61. The molecule has 5 heteroatoms. The van der Waals surface area contributed by atoms with E-state index in [9.17, 15) is 9.59 Å². The first-order valence-electron chi connectivity index (χ1n) is 4.83. The molecule has 0 aliphatic rings. The molecular formula is C9H19N3O2. The zero-order valence-electron chi connectivity index (χ0n) is 9.09. The highest BCUT2D eigenvalue weighted by Gasteiger charge is 2.06. The van der Waals surface area contributed by atoms with Gasteiger partial charge in [0, 0.05) is 20.1 Å². The monoisotopic (exact) mass is 201 g/mol. The number of carbonyl (C=O) groups excluding carboxylic acids is 2. The van der Waals surface area contributed by atoms with Crippen molar-refractivity contribution in [2.45, 2.75) is 13.8 Å². The molecule has 0 fully saturated rings. The summed E-state index contributed by atoms with van der Waals surface area (Å²) in [6.07, 6.45) is 0. The van der Waals surface area contributed by atoms with E-state index in [2.05, 4.69) is 10.6 Å². The topological polar surface area (TPSA) is 61.4 Å². The second-order valence-corrected chi connectivity index (χ2v) is 2.96. The summed E-state index contributed by atoms with van der Waals surface area (Å²) in [5.74, 6) is -0.0868. The van der Waals surface area contributed by atoms with Crippen molar-refractivity contribution in [2.24, 2.45) is 0 Å². The van der Waals surface area contributed by atoms with Gasteiger partial charge in [0.2, 0.25) is 11.8 Å². The Morgan fingerprint density at radius 1 is 1.21 bits per heavy atom. The molecule has 0 heterocycles. The van der Waals surface area contributed by atoms with Gasteiger partial charge in [-0.3, -0.25) is 14.9 Å². The van der Waals surface area contributed by atoms with Crippen LogP contribution in [0.25, 0.3) is 0 Å². The minimum atomic E-state index is -0.0838. The lowest BCUT2D eigenvalue weighted by atomic mass is 10.4. The van der Waals surface area contributed by atoms with Gasteiger partial charge in [0.15, 0.2) is 0 Å². The first-order valence-corrected chi connectivity index (χ1v) is 4.83. The standard InChI is InChI=1S/C9H19N3O2/c1-4-11-8(13)6-10-7-9(14)12(3)5-2/h10H,4-7H2,1-3H3,(H,11,13). The van der Waals surface area contributed by atoms with Crippen LogP contribution in [0.5, 0.6) is 0 Å². The summed E-state index contributed by atoms with van der Waals surface area (Å²) in [5.41, 5.74) is 0. The largest absolute Gasteiger partial charge is 0.355 e. The van der Waals surface area contributed by atoms with Crippen molar-refractivity contribution in [3.8, 4) is 0 Å². The third kappa shape index (κ3) is 5.53. The normalized spacial score (nSPS) is 9.64. The van der Waals surface area contributed by atoms with Gasteiger partial charge in [-0.15, -0.1) is 0 Å². The quantitative estimate of drug-likeness (QED) is 0.591. The van der Waals surface area contributed by atoms with Gasteiger partial charge in [-0.1, -0.05) is 0 Å². The fourth-order valence-electron chi connectivity index (χ4n) is 0.854. The van der Waals surface area contributed by atoms with E-state index in [0.717, 1.165) is 0 Å². The maximum atomic E-state index is 11.2. The van der Waals surface area contributed by atoms with Gasteiger partial charge in [-0.05, 0) is 13.8 Å². The molecule has 14 heavy (non-hydrogen) atoms. The molecule has 0 atom stereocenters. The van der Waals surface area contributed by atoms with Crippen LogP contribution in [-0.4, -0.2) is 49.9 Å². The molecule has 0 aromatic heterocycles. The maximum Gasteiger partial charge on any atom is 0.236 e. The van der Waals surface area contributed by atoms with Crippen molar-refractivity contribution >= 4 is 11.8 Å². The zero-order chi connectivity index (χ0) is 11.0. The first kappa shape index (κ1) is 12.9. The van der Waals surface area contributed by atoms with Crippen molar-refractivity contribution in [2.75, 3.05) is 33.2 Å². The minimum Gasteiger partial charge on any atom is -0.355 e. The third-order valence-corrected chi connectivity index (χ3v) is 1.84. The molecule has 0 radical (unpaired) electrons. The number of hydrogen-bond donors (Lipinski definition) is 2. The fourth-order valence-corrected chi connectivity index (χ4v) is 0.854. The highest BCUT2D eigenvalue weighted by molar-refractivity contribution is 5.80. The highest BCUT2D eigenvalue weighted by Crippen LogP contribution is 1.80. The molecule has 0 saturated carbocycles. The van der Waals surface area contributed by atoms with Gasteiger partial charge < -0.3 is 10.2 Å². The Balaban J connectivity index is 3.54. The van der Waals surface area contributed by atoms with Crippen LogP contribution in [-0.2, 0) is 9.59 Å². The highest BCUT2D eigenvalue weighted by atomic mass is 16.2. The van der Waals surface area contributed by atoms with E-state index in [4.69, 9.17) is 0 Å². The van der Waals surface area contributed by atoms with Gasteiger partial charge in [0.05, 0.1) is 13.1 Å². The van der Waals surface area contributed by atoms with Crippen molar-refractivity contribution in [3.63, 3.8) is 0 Å². The lowest BCUT2D eigenvalue weighted by Crippen LogP contribution is -2.40. The van der Waals surface area contributed by atoms with E-state index in [1.807, 2.05) is 13.8 Å². The Morgan fingerprint density at radius 3 is 2.36 bits per heavy atom. The van der Waals surface area contributed by atoms with Crippen LogP contribution in [0, 0.1) is 0 Å². The Bertz CT molecular complexity index is 194. The molecule has 82 valence electrons. The Labute approximate surface area is 84.8 Å². The summed E-state index contributed by atoms with van der Waals surface area (Å²) in [6, 6.07) is 0. The Kier molecular flexibility index (Phi) is 6.74. The molecule has 2 amide bonds. The number of nitrogens with zero attached hydrogens (tertiary/aromatic N) is 1. The molecule has 0 spiro atoms. The summed E-state index contributed by atoms with van der Waals surface area (Å²) in [7, 11) is 1.73. The summed E-state index contributed by atoms with van der Waals surface area (Å²) in [5, 5.41) is 5.42. The second-order valence-electron chi connectivity index (χ2n) is 2.96. The molecule has 0 aliphatic heterocycles. The minimum absolute atomic E-state index is 0.00296. The molecule has 0 aromatic rings. The SMILES string of the molecule is CCNC(=O)CNCC(=O)N(C)CC. The summed E-state index contributed by atoms with van der Waals surface area (Å²) >= 11 is 0. The van der Waals surface area contributed by atoms with E-state index in [0.29, 0.717) is 13.1 Å². The number of likely N-dealkylation sites (N-methyl/N-ethyl adjacent to an activating group) is 2. The van der Waals surface area contributed by atoms with Gasteiger partial charge in [-0.2, -0.15) is 0 Å². The van der Waals surface area contributed by atoms with Gasteiger partial charge in [-0.25, -0.2) is 0 Å². The van der Waals surface area contributed by atoms with Crippen LogP contribution >= 0.6 is 0 Å². The van der Waals surface area contributed by atoms with Crippen molar-refractivity contribution in [1.29, 1.82) is 0 Å². The molecule has 0 rings (SSSR count). The van der Waals surface area contributed by atoms with Crippen LogP contribution in [0.4, 0.5) is 0 Å². The van der Waals surface area contributed by atoms with Crippen LogP contribution in [0.2, 0.25) is 0 Å². The van der Waals surface area contributed by atoms with E-state index in [-0.39, 0.29) is 24.9 Å². The number of carbonyl (C=O) groups is 2. The number of hydrogen-bond acceptors (Lipinski definition) is 3. The summed E-state index contributed by atoms with van der Waals surface area (Å²) in [6.45, 7) is 5.46. The Hall–Kier alpha value is -1.10. The molecule has 0 aliphatic carbocycles. The number of rotatable bonds is 6. The molecule has 5 nitrogen and oxygen atoms in total. The third-order valence-electron chi connectivity index (χ3n) is 1.84. The number of amides is 2. The molecule has 0 aromatic carbocycles. The van der Waals surface area contributed by atoms with Gasteiger partial charge in [0.1, 0.15) is 0 Å². The lowest BCUT2D eigenvalue weighted by molar-refractivity contribution is -0.128. The molecule has 0 unspecified atom stereocenters. The van der Waals surface area contributed by atoms with E-state index >= 15 is 0 Å². The summed E-state index contributed by atoms with van der Waals surface area (Å²) in [4.78, 5) is 23.8. The maximum absolute atomic E-state index is 11.2. The molecule has 0 bridgehead atoms. The van der Waals surface area contributed by atoms with E-state index in [1.165, 1.54) is 0 Å². The van der Waals surface area contributed by atoms with Gasteiger partial charge >= 0.3 is 0 Å². The predicted octanol–water partition coefficient (Wildman–Crippen LogP) is -0.810. The summed E-state index contributed by atoms with van der Waals surface area (Å²) < 4.78 is 0. The Morgan fingerprint density at radius 2 is 1.86 bits per heavy atom. The van der Waals surface area contributed by atoms with E-state index < -0.39 is 0 Å². The lowest BCUT2D eigenvalue weighted by Gasteiger charge is -2.14. The smallest absolute Gasteiger partial charge is 0.236 e. The predicted molar refractivity (Wildman–Crippen MR) is 54.9 cm³/mol. The van der Waals surface area contributed by atoms with Crippen molar-refractivity contribution < 1.29 is 9.59 Å². The molecule has 2 N–H and O–H groups in total. The molecular weight excluding hydrogens is 182 g/mol. The van der Waals surface area contributed by atoms with Crippen LogP contribution in [0.3, 0.4) is 0 Å². The van der Waals surface area contributed by atoms with Crippen LogP contribution in [0.15, 0.2) is 0 Å². The number of nitrogens with one attached hydrogen (secondary N) is 2. The zero-order valence-corrected chi connectivity index (χ0v) is 9.09. The average molecular weight is 201 g/mol. The van der Waals surface area contributed by atoms with Crippen LogP contribution in [0.1, 0.15) is 13.8 Å². The van der Waals surface area contributed by atoms with Crippen molar-refractivity contribution in [1.82, 2.24) is 15.5 Å². The second kappa shape index (κ2) is 7.32. The van der Waals surface area contributed by atoms with E-state index in [1.54, 1.807) is 11.9 Å².